The molecule has 0 unspecified atom stereocenters. The SMILES string of the molecule is CNCc1c(C)nn(C)c1Oc1ccc(F)cc1. The zero-order valence-corrected chi connectivity index (χ0v) is 10.7. The third-order valence-electron chi connectivity index (χ3n) is 2.67. The maximum absolute atomic E-state index is 12.8. The molecule has 1 aromatic heterocycles. The Morgan fingerprint density at radius 2 is 2.00 bits per heavy atom. The maximum Gasteiger partial charge on any atom is 0.222 e. The summed E-state index contributed by atoms with van der Waals surface area (Å²) in [4.78, 5) is 0. The third kappa shape index (κ3) is 2.51. The van der Waals surface area contributed by atoms with Gasteiger partial charge >= 0.3 is 0 Å². The lowest BCUT2D eigenvalue weighted by Gasteiger charge is -2.08. The van der Waals surface area contributed by atoms with Crippen molar-refractivity contribution >= 4 is 0 Å². The molecule has 0 fully saturated rings. The quantitative estimate of drug-likeness (QED) is 0.904. The Balaban J connectivity index is 2.30. The van der Waals surface area contributed by atoms with Gasteiger partial charge < -0.3 is 10.1 Å². The molecule has 0 saturated carbocycles. The van der Waals surface area contributed by atoms with Crippen molar-refractivity contribution in [3.63, 3.8) is 0 Å². The Morgan fingerprint density at radius 1 is 1.33 bits per heavy atom. The Kier molecular flexibility index (Phi) is 3.62. The van der Waals surface area contributed by atoms with Crippen molar-refractivity contribution in [1.29, 1.82) is 0 Å². The normalized spacial score (nSPS) is 10.7. The van der Waals surface area contributed by atoms with Gasteiger partial charge in [-0.05, 0) is 38.2 Å². The molecule has 0 aliphatic heterocycles. The number of hydrogen-bond donors (Lipinski definition) is 1. The molecule has 2 rings (SSSR count). The lowest BCUT2D eigenvalue weighted by atomic mass is 10.2. The number of nitrogens with zero attached hydrogens (tertiary/aromatic N) is 2. The van der Waals surface area contributed by atoms with E-state index in [4.69, 9.17) is 4.74 Å². The molecule has 0 saturated heterocycles. The topological polar surface area (TPSA) is 39.1 Å². The highest BCUT2D eigenvalue weighted by Gasteiger charge is 2.14. The fourth-order valence-electron chi connectivity index (χ4n) is 1.80. The summed E-state index contributed by atoms with van der Waals surface area (Å²) in [5, 5.41) is 7.40. The molecule has 0 aliphatic rings. The van der Waals surface area contributed by atoms with Crippen LogP contribution in [0.4, 0.5) is 4.39 Å². The van der Waals surface area contributed by atoms with Crippen molar-refractivity contribution in [2.75, 3.05) is 7.05 Å². The van der Waals surface area contributed by atoms with Crippen LogP contribution in [-0.4, -0.2) is 16.8 Å². The molecule has 96 valence electrons. The number of aryl methyl sites for hydroxylation is 2. The summed E-state index contributed by atoms with van der Waals surface area (Å²) in [5.41, 5.74) is 1.92. The van der Waals surface area contributed by atoms with Crippen LogP contribution in [0.25, 0.3) is 0 Å². The first-order valence-electron chi connectivity index (χ1n) is 5.72. The summed E-state index contributed by atoms with van der Waals surface area (Å²) in [6.07, 6.45) is 0. The highest BCUT2D eigenvalue weighted by Crippen LogP contribution is 2.27. The Hall–Kier alpha value is -1.88. The molecule has 1 aromatic carbocycles. The van der Waals surface area contributed by atoms with E-state index in [1.807, 2.05) is 21.0 Å². The highest BCUT2D eigenvalue weighted by molar-refractivity contribution is 5.35. The second-order valence-electron chi connectivity index (χ2n) is 4.08. The van der Waals surface area contributed by atoms with Crippen LogP contribution in [0, 0.1) is 12.7 Å². The minimum atomic E-state index is -0.279. The number of halogens is 1. The van der Waals surface area contributed by atoms with Crippen LogP contribution >= 0.6 is 0 Å². The van der Waals surface area contributed by atoms with Crippen LogP contribution in [-0.2, 0) is 13.6 Å². The monoisotopic (exact) mass is 249 g/mol. The summed E-state index contributed by atoms with van der Waals surface area (Å²) in [7, 11) is 3.69. The molecule has 2 aromatic rings. The average molecular weight is 249 g/mol. The van der Waals surface area contributed by atoms with E-state index in [-0.39, 0.29) is 5.82 Å². The fraction of sp³-hybridized carbons (Fsp3) is 0.308. The molecule has 0 radical (unpaired) electrons. The van der Waals surface area contributed by atoms with Gasteiger partial charge in [0.25, 0.3) is 0 Å². The minimum Gasteiger partial charge on any atom is -0.439 e. The predicted octanol–water partition coefficient (Wildman–Crippen LogP) is 2.38. The molecule has 4 nitrogen and oxygen atoms in total. The van der Waals surface area contributed by atoms with Crippen molar-refractivity contribution in [3.05, 3.63) is 41.3 Å². The number of nitrogens with one attached hydrogen (secondary N) is 1. The molecule has 0 amide bonds. The average Bonchev–Trinajstić information content (AvgIpc) is 2.59. The highest BCUT2D eigenvalue weighted by atomic mass is 19.1. The Bertz CT molecular complexity index is 534. The predicted molar refractivity (Wildman–Crippen MR) is 67.2 cm³/mol. The van der Waals surface area contributed by atoms with Gasteiger partial charge in [-0.3, -0.25) is 0 Å². The first-order chi connectivity index (χ1) is 8.61. The van der Waals surface area contributed by atoms with Crippen LogP contribution in [0.15, 0.2) is 24.3 Å². The van der Waals surface area contributed by atoms with Gasteiger partial charge in [-0.1, -0.05) is 0 Å². The maximum atomic E-state index is 12.8. The van der Waals surface area contributed by atoms with Crippen LogP contribution in [0.2, 0.25) is 0 Å². The van der Waals surface area contributed by atoms with Crippen molar-refractivity contribution in [2.24, 2.45) is 7.05 Å². The lowest BCUT2D eigenvalue weighted by Crippen LogP contribution is -2.07. The van der Waals surface area contributed by atoms with Gasteiger partial charge in [0.05, 0.1) is 11.3 Å². The molecular formula is C13H16FN3O. The molecule has 0 spiro atoms. The van der Waals surface area contributed by atoms with E-state index < -0.39 is 0 Å². The molecular weight excluding hydrogens is 233 g/mol. The van der Waals surface area contributed by atoms with Crippen LogP contribution < -0.4 is 10.1 Å². The van der Waals surface area contributed by atoms with E-state index in [0.717, 1.165) is 11.3 Å². The van der Waals surface area contributed by atoms with Crippen LogP contribution in [0.5, 0.6) is 11.6 Å². The van der Waals surface area contributed by atoms with Gasteiger partial charge in [0.1, 0.15) is 11.6 Å². The number of rotatable bonds is 4. The second kappa shape index (κ2) is 5.18. The van der Waals surface area contributed by atoms with Crippen molar-refractivity contribution in [2.45, 2.75) is 13.5 Å². The molecule has 1 N–H and O–H groups in total. The van der Waals surface area contributed by atoms with Gasteiger partial charge in [0, 0.05) is 13.6 Å². The fourth-order valence-corrected chi connectivity index (χ4v) is 1.80. The van der Waals surface area contributed by atoms with Gasteiger partial charge in [0.2, 0.25) is 5.88 Å². The van der Waals surface area contributed by atoms with Crippen molar-refractivity contribution in [3.8, 4) is 11.6 Å². The van der Waals surface area contributed by atoms with Crippen LogP contribution in [0.3, 0.4) is 0 Å². The summed E-state index contributed by atoms with van der Waals surface area (Å²) in [5.74, 6) is 0.990. The number of hydrogen-bond acceptors (Lipinski definition) is 3. The molecule has 0 aliphatic carbocycles. The van der Waals surface area contributed by atoms with Crippen LogP contribution in [0.1, 0.15) is 11.3 Å². The minimum absolute atomic E-state index is 0.279. The lowest BCUT2D eigenvalue weighted by molar-refractivity contribution is 0.423. The van der Waals surface area contributed by atoms with Gasteiger partial charge in [-0.2, -0.15) is 5.10 Å². The first-order valence-corrected chi connectivity index (χ1v) is 5.72. The number of ether oxygens (including phenoxy) is 1. The molecule has 0 bridgehead atoms. The van der Waals surface area contributed by atoms with Crippen molar-refractivity contribution in [1.82, 2.24) is 15.1 Å². The van der Waals surface area contributed by atoms with Gasteiger partial charge in [-0.15, -0.1) is 0 Å². The smallest absolute Gasteiger partial charge is 0.222 e. The van der Waals surface area contributed by atoms with E-state index in [2.05, 4.69) is 10.4 Å². The van der Waals surface area contributed by atoms with Gasteiger partial charge in [-0.25, -0.2) is 9.07 Å². The number of aromatic nitrogens is 2. The third-order valence-corrected chi connectivity index (χ3v) is 2.67. The Morgan fingerprint density at radius 3 is 2.61 bits per heavy atom. The molecule has 0 atom stereocenters. The van der Waals surface area contributed by atoms with E-state index in [1.54, 1.807) is 16.8 Å². The molecule has 18 heavy (non-hydrogen) atoms. The van der Waals surface area contributed by atoms with E-state index in [0.29, 0.717) is 18.2 Å². The first kappa shape index (κ1) is 12.6. The van der Waals surface area contributed by atoms with E-state index >= 15 is 0 Å². The summed E-state index contributed by atoms with van der Waals surface area (Å²) in [6.45, 7) is 2.61. The van der Waals surface area contributed by atoms with Crippen molar-refractivity contribution < 1.29 is 9.13 Å². The van der Waals surface area contributed by atoms with E-state index in [9.17, 15) is 4.39 Å². The molecule has 1 heterocycles. The molecule has 5 heteroatoms. The number of benzene rings is 1. The summed E-state index contributed by atoms with van der Waals surface area (Å²) in [6, 6.07) is 5.94. The van der Waals surface area contributed by atoms with Gasteiger partial charge in [0.15, 0.2) is 0 Å². The standard InChI is InChI=1S/C13H16FN3O/c1-9-12(8-15-2)13(17(3)16-9)18-11-6-4-10(14)5-7-11/h4-7,15H,8H2,1-3H3. The largest absolute Gasteiger partial charge is 0.439 e. The zero-order valence-electron chi connectivity index (χ0n) is 10.7. The second-order valence-corrected chi connectivity index (χ2v) is 4.08. The zero-order chi connectivity index (χ0) is 13.1. The summed E-state index contributed by atoms with van der Waals surface area (Å²) >= 11 is 0. The van der Waals surface area contributed by atoms with E-state index in [1.165, 1.54) is 12.1 Å². The summed E-state index contributed by atoms with van der Waals surface area (Å²) < 4.78 is 20.3. The Labute approximate surface area is 105 Å².